The molecule has 7 heteroatoms. The van der Waals surface area contributed by atoms with E-state index in [1.165, 1.54) is 17.0 Å². The lowest BCUT2D eigenvalue weighted by Crippen LogP contribution is -2.52. The maximum Gasteiger partial charge on any atom is 0.258 e. The second-order valence-electron chi connectivity index (χ2n) is 10.3. The number of rotatable bonds is 8. The van der Waals surface area contributed by atoms with E-state index < -0.39 is 11.6 Å². The van der Waals surface area contributed by atoms with Crippen LogP contribution in [0.25, 0.3) is 10.8 Å². The van der Waals surface area contributed by atoms with Gasteiger partial charge < -0.3 is 15.1 Å². The average Bonchev–Trinajstić information content (AvgIpc) is 3.10. The third-order valence-corrected chi connectivity index (χ3v) is 6.35. The highest BCUT2D eigenvalue weighted by Gasteiger charge is 2.31. The lowest BCUT2D eigenvalue weighted by Gasteiger charge is -2.31. The number of hydrogen-bond acceptors (Lipinski definition) is 3. The molecule has 188 valence electrons. The molecule has 1 heterocycles. The Labute approximate surface area is 211 Å². The van der Waals surface area contributed by atoms with Gasteiger partial charge in [-0.25, -0.2) is 4.39 Å². The van der Waals surface area contributed by atoms with Crippen LogP contribution < -0.4 is 10.2 Å². The second kappa shape index (κ2) is 10.1. The molecule has 1 atom stereocenters. The fraction of sp³-hybridized carbons (Fsp3) is 0.345. The quantitative estimate of drug-likeness (QED) is 0.481. The number of hydrogen-bond donors (Lipinski definition) is 1. The average molecular weight is 490 g/mol. The molecule has 36 heavy (non-hydrogen) atoms. The minimum absolute atomic E-state index is 0.0599. The van der Waals surface area contributed by atoms with Crippen molar-refractivity contribution in [1.82, 2.24) is 10.2 Å². The van der Waals surface area contributed by atoms with Gasteiger partial charge in [0.2, 0.25) is 11.8 Å². The van der Waals surface area contributed by atoms with Crippen molar-refractivity contribution in [2.75, 3.05) is 11.4 Å². The largest absolute Gasteiger partial charge is 0.350 e. The van der Waals surface area contributed by atoms with Crippen LogP contribution in [0.1, 0.15) is 56.5 Å². The normalized spacial score (nSPS) is 13.7. The first-order valence-corrected chi connectivity index (χ1v) is 12.2. The molecule has 6 nitrogen and oxygen atoms in total. The monoisotopic (exact) mass is 489 g/mol. The summed E-state index contributed by atoms with van der Waals surface area (Å²) >= 11 is 0. The zero-order valence-electron chi connectivity index (χ0n) is 21.2. The Morgan fingerprint density at radius 3 is 2.36 bits per heavy atom. The van der Waals surface area contributed by atoms with E-state index in [1.54, 1.807) is 24.0 Å². The van der Waals surface area contributed by atoms with Crippen molar-refractivity contribution in [3.8, 4) is 0 Å². The fourth-order valence-corrected chi connectivity index (χ4v) is 4.58. The van der Waals surface area contributed by atoms with E-state index in [2.05, 4.69) is 5.32 Å². The van der Waals surface area contributed by atoms with E-state index >= 15 is 0 Å². The van der Waals surface area contributed by atoms with Crippen LogP contribution in [-0.2, 0) is 16.1 Å². The minimum atomic E-state index is -0.715. The van der Waals surface area contributed by atoms with Crippen molar-refractivity contribution in [3.05, 3.63) is 77.6 Å². The van der Waals surface area contributed by atoms with Gasteiger partial charge in [-0.15, -0.1) is 0 Å². The van der Waals surface area contributed by atoms with E-state index in [4.69, 9.17) is 0 Å². The molecular weight excluding hydrogens is 457 g/mol. The van der Waals surface area contributed by atoms with Gasteiger partial charge in [0.05, 0.1) is 5.69 Å². The first-order valence-electron chi connectivity index (χ1n) is 12.2. The maximum absolute atomic E-state index is 13.4. The summed E-state index contributed by atoms with van der Waals surface area (Å²) in [5.74, 6) is -0.871. The van der Waals surface area contributed by atoms with Gasteiger partial charge in [0, 0.05) is 36.0 Å². The molecule has 1 aliphatic heterocycles. The van der Waals surface area contributed by atoms with Gasteiger partial charge in [-0.05, 0) is 69.3 Å². The van der Waals surface area contributed by atoms with Gasteiger partial charge in [-0.1, -0.05) is 36.4 Å². The molecule has 0 spiro atoms. The number of carbonyl (C=O) groups is 3. The summed E-state index contributed by atoms with van der Waals surface area (Å²) in [5.41, 5.74) is 1.83. The summed E-state index contributed by atoms with van der Waals surface area (Å²) in [5, 5.41) is 4.89. The minimum Gasteiger partial charge on any atom is -0.350 e. The molecule has 1 unspecified atom stereocenters. The number of amides is 3. The van der Waals surface area contributed by atoms with Crippen molar-refractivity contribution < 1.29 is 18.8 Å². The molecule has 0 radical (unpaired) electrons. The Bertz CT molecular complexity index is 1290. The van der Waals surface area contributed by atoms with E-state index in [1.807, 2.05) is 57.2 Å². The van der Waals surface area contributed by atoms with Crippen LogP contribution in [-0.4, -0.2) is 40.7 Å². The molecule has 0 fully saturated rings. The Morgan fingerprint density at radius 2 is 1.69 bits per heavy atom. The molecular formula is C29H32FN3O3. The number of anilines is 1. The number of halogens is 1. The van der Waals surface area contributed by atoms with Crippen LogP contribution in [0, 0.1) is 5.82 Å². The van der Waals surface area contributed by atoms with Crippen molar-refractivity contribution in [2.45, 2.75) is 58.7 Å². The lowest BCUT2D eigenvalue weighted by atomic mass is 10.1. The molecule has 0 aromatic heterocycles. The summed E-state index contributed by atoms with van der Waals surface area (Å²) in [6.45, 7) is 7.93. The number of nitrogens with zero attached hydrogens (tertiary/aromatic N) is 2. The van der Waals surface area contributed by atoms with E-state index in [-0.39, 0.29) is 36.5 Å². The topological polar surface area (TPSA) is 69.7 Å². The van der Waals surface area contributed by atoms with Gasteiger partial charge >= 0.3 is 0 Å². The molecule has 4 rings (SSSR count). The molecule has 0 aliphatic carbocycles. The van der Waals surface area contributed by atoms with Gasteiger partial charge in [0.25, 0.3) is 5.91 Å². The molecule has 1 aliphatic rings. The van der Waals surface area contributed by atoms with Crippen LogP contribution in [0.4, 0.5) is 10.1 Å². The summed E-state index contributed by atoms with van der Waals surface area (Å²) in [7, 11) is 0. The molecule has 1 N–H and O–H groups in total. The number of benzene rings is 3. The zero-order chi connectivity index (χ0) is 26.0. The van der Waals surface area contributed by atoms with Crippen LogP contribution in [0.2, 0.25) is 0 Å². The zero-order valence-corrected chi connectivity index (χ0v) is 21.2. The van der Waals surface area contributed by atoms with Crippen molar-refractivity contribution in [3.63, 3.8) is 0 Å². The first-order chi connectivity index (χ1) is 17.0. The highest BCUT2D eigenvalue weighted by atomic mass is 19.1. The molecule has 0 saturated carbocycles. The third-order valence-electron chi connectivity index (χ3n) is 6.35. The van der Waals surface area contributed by atoms with E-state index in [0.717, 1.165) is 22.0 Å². The van der Waals surface area contributed by atoms with Crippen LogP contribution in [0.15, 0.2) is 60.7 Å². The standard InChI is InChI=1S/C29H32FN3O3/c1-19(27(35)31-29(2,3)4)33(18-20-13-15-22(30)16-14-20)25(34)12-7-17-32-24-11-6-9-21-8-5-10-23(26(21)24)28(32)36/h5-6,8-11,13-16,19H,7,12,17-18H2,1-4H3,(H,31,35). The number of carbonyl (C=O) groups excluding carboxylic acids is 3. The van der Waals surface area contributed by atoms with Crippen molar-refractivity contribution in [2.24, 2.45) is 0 Å². The molecule has 0 bridgehead atoms. The van der Waals surface area contributed by atoms with Crippen LogP contribution in [0.3, 0.4) is 0 Å². The predicted molar refractivity (Wildman–Crippen MR) is 139 cm³/mol. The highest BCUT2D eigenvalue weighted by Crippen LogP contribution is 2.37. The Kier molecular flexibility index (Phi) is 7.11. The first kappa shape index (κ1) is 25.4. The maximum atomic E-state index is 13.4. The van der Waals surface area contributed by atoms with Crippen molar-refractivity contribution >= 4 is 34.2 Å². The summed E-state index contributed by atoms with van der Waals surface area (Å²) < 4.78 is 13.4. The predicted octanol–water partition coefficient (Wildman–Crippen LogP) is 5.05. The SMILES string of the molecule is CC(C(=O)NC(C)(C)C)N(Cc1ccc(F)cc1)C(=O)CCCN1C(=O)c2cccc3cccc1c23. The Balaban J connectivity index is 1.47. The second-order valence-corrected chi connectivity index (χ2v) is 10.3. The van der Waals surface area contributed by atoms with Gasteiger partial charge in [-0.3, -0.25) is 14.4 Å². The van der Waals surface area contributed by atoms with Crippen LogP contribution in [0.5, 0.6) is 0 Å². The van der Waals surface area contributed by atoms with E-state index in [9.17, 15) is 18.8 Å². The molecule has 3 aromatic rings. The smallest absolute Gasteiger partial charge is 0.258 e. The fourth-order valence-electron chi connectivity index (χ4n) is 4.58. The molecule has 3 amide bonds. The van der Waals surface area contributed by atoms with Gasteiger partial charge in [-0.2, -0.15) is 0 Å². The highest BCUT2D eigenvalue weighted by molar-refractivity contribution is 6.25. The summed E-state index contributed by atoms with van der Waals surface area (Å²) in [6, 6.07) is 16.7. The summed E-state index contributed by atoms with van der Waals surface area (Å²) in [4.78, 5) is 42.5. The lowest BCUT2D eigenvalue weighted by molar-refractivity contribution is -0.141. The third kappa shape index (κ3) is 5.40. The van der Waals surface area contributed by atoms with Gasteiger partial charge in [0.1, 0.15) is 11.9 Å². The van der Waals surface area contributed by atoms with Gasteiger partial charge in [0.15, 0.2) is 0 Å². The Morgan fingerprint density at radius 1 is 1.03 bits per heavy atom. The molecule has 3 aromatic carbocycles. The Hall–Kier alpha value is -3.74. The van der Waals surface area contributed by atoms with Crippen LogP contribution >= 0.6 is 0 Å². The van der Waals surface area contributed by atoms with E-state index in [0.29, 0.717) is 18.5 Å². The number of nitrogens with one attached hydrogen (secondary N) is 1. The summed E-state index contributed by atoms with van der Waals surface area (Å²) in [6.07, 6.45) is 0.618. The molecule has 0 saturated heterocycles. The van der Waals surface area contributed by atoms with Crippen molar-refractivity contribution in [1.29, 1.82) is 0 Å².